The maximum absolute atomic E-state index is 13.5. The van der Waals surface area contributed by atoms with E-state index in [2.05, 4.69) is 4.98 Å². The van der Waals surface area contributed by atoms with E-state index in [1.165, 1.54) is 6.07 Å². The Balaban J connectivity index is 1.42. The third-order valence-electron chi connectivity index (χ3n) is 6.57. The predicted molar refractivity (Wildman–Crippen MR) is 138 cm³/mol. The second-order valence-corrected chi connectivity index (χ2v) is 11.3. The van der Waals surface area contributed by atoms with E-state index in [4.69, 9.17) is 0 Å². The van der Waals surface area contributed by atoms with E-state index in [9.17, 15) is 18.0 Å². The standard InChI is InChI=1S/C28H27N3O4S/c1-36(34,35)24-12-13-25-22(15-24)16-26(29-25)28(33)30-18-23(14-20-8-4-2-5-9-20)31(27(32)19-30)17-21-10-6-3-7-11-21/h2-13,15-16,23,29H,14,17-19H2,1H3/t23-/m0/s1. The summed E-state index contributed by atoms with van der Waals surface area (Å²) in [6, 6.07) is 26.0. The van der Waals surface area contributed by atoms with Crippen LogP contribution in [0.5, 0.6) is 0 Å². The van der Waals surface area contributed by atoms with Crippen molar-refractivity contribution in [2.24, 2.45) is 0 Å². The van der Waals surface area contributed by atoms with Crippen LogP contribution in [0, 0.1) is 0 Å². The van der Waals surface area contributed by atoms with Crippen molar-refractivity contribution >= 4 is 32.6 Å². The molecule has 1 N–H and O–H groups in total. The first-order chi connectivity index (χ1) is 17.3. The quantitative estimate of drug-likeness (QED) is 0.437. The minimum Gasteiger partial charge on any atom is -0.351 e. The second kappa shape index (κ2) is 9.62. The zero-order chi connectivity index (χ0) is 25.3. The van der Waals surface area contributed by atoms with Crippen LogP contribution in [-0.4, -0.2) is 60.4 Å². The number of benzene rings is 3. The summed E-state index contributed by atoms with van der Waals surface area (Å²) in [7, 11) is -3.36. The fourth-order valence-corrected chi connectivity index (χ4v) is 5.37. The molecule has 1 fully saturated rings. The number of nitrogens with one attached hydrogen (secondary N) is 1. The fourth-order valence-electron chi connectivity index (χ4n) is 4.72. The highest BCUT2D eigenvalue weighted by molar-refractivity contribution is 7.90. The van der Waals surface area contributed by atoms with E-state index in [1.807, 2.05) is 65.6 Å². The van der Waals surface area contributed by atoms with Crippen molar-refractivity contribution in [2.75, 3.05) is 19.3 Å². The molecule has 1 atom stereocenters. The molecule has 1 aromatic heterocycles. The smallest absolute Gasteiger partial charge is 0.270 e. The topological polar surface area (TPSA) is 90.5 Å². The van der Waals surface area contributed by atoms with Crippen molar-refractivity contribution in [1.82, 2.24) is 14.8 Å². The first-order valence-corrected chi connectivity index (χ1v) is 13.7. The molecule has 36 heavy (non-hydrogen) atoms. The predicted octanol–water partition coefficient (Wildman–Crippen LogP) is 3.67. The van der Waals surface area contributed by atoms with Gasteiger partial charge in [-0.1, -0.05) is 60.7 Å². The zero-order valence-electron chi connectivity index (χ0n) is 19.9. The molecular formula is C28H27N3O4S. The largest absolute Gasteiger partial charge is 0.351 e. The minimum atomic E-state index is -3.36. The van der Waals surface area contributed by atoms with Crippen LogP contribution in [0.25, 0.3) is 10.9 Å². The van der Waals surface area contributed by atoms with Gasteiger partial charge in [0.15, 0.2) is 9.84 Å². The van der Waals surface area contributed by atoms with Gasteiger partial charge in [-0.2, -0.15) is 0 Å². The Labute approximate surface area is 210 Å². The van der Waals surface area contributed by atoms with Crippen molar-refractivity contribution < 1.29 is 18.0 Å². The summed E-state index contributed by atoms with van der Waals surface area (Å²) in [6.45, 7) is 0.872. The maximum Gasteiger partial charge on any atom is 0.270 e. The first-order valence-electron chi connectivity index (χ1n) is 11.8. The third kappa shape index (κ3) is 5.04. The number of piperazine rings is 1. The number of carbonyl (C=O) groups is 2. The van der Waals surface area contributed by atoms with E-state index in [0.29, 0.717) is 36.1 Å². The molecule has 4 aromatic rings. The number of fused-ring (bicyclic) bond motifs is 1. The Morgan fingerprint density at radius 1 is 0.944 bits per heavy atom. The highest BCUT2D eigenvalue weighted by Crippen LogP contribution is 2.24. The summed E-state index contributed by atoms with van der Waals surface area (Å²) in [4.78, 5) is 33.5. The molecule has 5 rings (SSSR count). The summed E-state index contributed by atoms with van der Waals surface area (Å²) in [5.41, 5.74) is 3.14. The molecule has 184 valence electrons. The van der Waals surface area contributed by atoms with Crippen molar-refractivity contribution in [3.8, 4) is 0 Å². The van der Waals surface area contributed by atoms with Gasteiger partial charge in [0.05, 0.1) is 10.9 Å². The molecular weight excluding hydrogens is 474 g/mol. The monoisotopic (exact) mass is 501 g/mol. The molecule has 0 bridgehead atoms. The second-order valence-electron chi connectivity index (χ2n) is 9.24. The van der Waals surface area contributed by atoms with Crippen LogP contribution in [-0.2, 0) is 27.6 Å². The lowest BCUT2D eigenvalue weighted by atomic mass is 10.0. The van der Waals surface area contributed by atoms with E-state index in [1.54, 1.807) is 23.1 Å². The molecule has 1 saturated heterocycles. The number of hydrogen-bond acceptors (Lipinski definition) is 4. The first kappa shape index (κ1) is 23.8. The Morgan fingerprint density at radius 3 is 2.28 bits per heavy atom. The van der Waals surface area contributed by atoms with Gasteiger partial charge in [0.25, 0.3) is 5.91 Å². The summed E-state index contributed by atoms with van der Waals surface area (Å²) in [5, 5.41) is 0.635. The van der Waals surface area contributed by atoms with Crippen LogP contribution in [0.2, 0.25) is 0 Å². The van der Waals surface area contributed by atoms with Gasteiger partial charge < -0.3 is 14.8 Å². The van der Waals surface area contributed by atoms with Crippen LogP contribution in [0.4, 0.5) is 0 Å². The van der Waals surface area contributed by atoms with Gasteiger partial charge in [-0.3, -0.25) is 9.59 Å². The molecule has 0 unspecified atom stereocenters. The number of hydrogen-bond donors (Lipinski definition) is 1. The maximum atomic E-state index is 13.5. The normalized spacial score (nSPS) is 16.5. The number of aromatic amines is 1. The Kier molecular flexibility index (Phi) is 6.36. The van der Waals surface area contributed by atoms with Gasteiger partial charge in [-0.25, -0.2) is 8.42 Å². The molecule has 0 spiro atoms. The molecule has 0 aliphatic carbocycles. The molecule has 7 nitrogen and oxygen atoms in total. The van der Waals surface area contributed by atoms with Crippen LogP contribution in [0.15, 0.2) is 89.8 Å². The Morgan fingerprint density at radius 2 is 1.61 bits per heavy atom. The molecule has 0 radical (unpaired) electrons. The van der Waals surface area contributed by atoms with E-state index in [0.717, 1.165) is 17.4 Å². The third-order valence-corrected chi connectivity index (χ3v) is 7.68. The molecule has 8 heteroatoms. The number of H-pyrrole nitrogens is 1. The number of amides is 2. The van der Waals surface area contributed by atoms with Gasteiger partial charge in [0.2, 0.25) is 5.91 Å². The van der Waals surface area contributed by atoms with Crippen LogP contribution in [0.1, 0.15) is 21.6 Å². The van der Waals surface area contributed by atoms with Crippen LogP contribution >= 0.6 is 0 Å². The lowest BCUT2D eigenvalue weighted by molar-refractivity contribution is -0.139. The molecule has 2 amide bonds. The van der Waals surface area contributed by atoms with Crippen molar-refractivity contribution in [1.29, 1.82) is 0 Å². The lowest BCUT2D eigenvalue weighted by Gasteiger charge is -2.41. The molecule has 1 aliphatic rings. The average Bonchev–Trinajstić information content (AvgIpc) is 3.30. The van der Waals surface area contributed by atoms with Crippen molar-refractivity contribution in [3.63, 3.8) is 0 Å². The van der Waals surface area contributed by atoms with Crippen LogP contribution in [0.3, 0.4) is 0 Å². The van der Waals surface area contributed by atoms with Gasteiger partial charge in [-0.05, 0) is 41.8 Å². The molecule has 1 aliphatic heterocycles. The fraction of sp³-hybridized carbons (Fsp3) is 0.214. The number of carbonyl (C=O) groups excluding carboxylic acids is 2. The number of sulfone groups is 1. The van der Waals surface area contributed by atoms with E-state index < -0.39 is 9.84 Å². The molecule has 0 saturated carbocycles. The number of aromatic nitrogens is 1. The van der Waals surface area contributed by atoms with E-state index >= 15 is 0 Å². The van der Waals surface area contributed by atoms with Gasteiger partial charge in [0.1, 0.15) is 12.2 Å². The summed E-state index contributed by atoms with van der Waals surface area (Å²) in [5.74, 6) is -0.382. The highest BCUT2D eigenvalue weighted by Gasteiger charge is 2.35. The SMILES string of the molecule is CS(=O)(=O)c1ccc2[nH]c(C(=O)N3CC(=O)N(Cc4ccccc4)[C@@H](Cc4ccccc4)C3)cc2c1. The molecule has 3 aromatic carbocycles. The Hall–Kier alpha value is -3.91. The Bertz CT molecular complexity index is 1510. The summed E-state index contributed by atoms with van der Waals surface area (Å²) >= 11 is 0. The number of nitrogens with zero attached hydrogens (tertiary/aromatic N) is 2. The highest BCUT2D eigenvalue weighted by atomic mass is 32.2. The molecule has 2 heterocycles. The van der Waals surface area contributed by atoms with Gasteiger partial charge in [-0.15, -0.1) is 0 Å². The van der Waals surface area contributed by atoms with Gasteiger partial charge in [0, 0.05) is 30.2 Å². The van der Waals surface area contributed by atoms with Crippen molar-refractivity contribution in [2.45, 2.75) is 23.9 Å². The summed E-state index contributed by atoms with van der Waals surface area (Å²) in [6.07, 6.45) is 1.79. The van der Waals surface area contributed by atoms with Gasteiger partial charge >= 0.3 is 0 Å². The lowest BCUT2D eigenvalue weighted by Crippen LogP contribution is -2.58. The van der Waals surface area contributed by atoms with Crippen LogP contribution < -0.4 is 0 Å². The average molecular weight is 502 g/mol. The van der Waals surface area contributed by atoms with Crippen molar-refractivity contribution in [3.05, 3.63) is 102 Å². The minimum absolute atomic E-state index is 0.0130. The number of rotatable bonds is 6. The van der Waals surface area contributed by atoms with E-state index in [-0.39, 0.29) is 29.3 Å². The summed E-state index contributed by atoms with van der Waals surface area (Å²) < 4.78 is 23.8. The zero-order valence-corrected chi connectivity index (χ0v) is 20.7.